The summed E-state index contributed by atoms with van der Waals surface area (Å²) in [5.74, 6) is 0.546. The number of benzene rings is 1. The lowest BCUT2D eigenvalue weighted by Crippen LogP contribution is -2.34. The van der Waals surface area contributed by atoms with Gasteiger partial charge in [0.05, 0.1) is 17.1 Å². The number of nitrogens with zero attached hydrogens (tertiary/aromatic N) is 2. The summed E-state index contributed by atoms with van der Waals surface area (Å²) in [4.78, 5) is 11.7. The standard InChI is InChI=1S/C14H16N4O2/c1-8-14(19)16-11-5-9(3-4-13(11)20-8)12-6-10(7-15)17-18(12)2/h3-6,8H,7,15H2,1-2H3,(H,16,19). The summed E-state index contributed by atoms with van der Waals surface area (Å²) in [5.41, 5.74) is 9.01. The highest BCUT2D eigenvalue weighted by Gasteiger charge is 2.23. The first kappa shape index (κ1) is 12.7. The molecule has 1 aromatic heterocycles. The van der Waals surface area contributed by atoms with Gasteiger partial charge in [0.15, 0.2) is 6.10 Å². The van der Waals surface area contributed by atoms with Crippen molar-refractivity contribution < 1.29 is 9.53 Å². The Bertz CT molecular complexity index is 678. The fourth-order valence-corrected chi connectivity index (χ4v) is 2.26. The predicted octanol–water partition coefficient (Wildman–Crippen LogP) is 1.27. The summed E-state index contributed by atoms with van der Waals surface area (Å²) < 4.78 is 7.31. The van der Waals surface area contributed by atoms with Gasteiger partial charge in [0.25, 0.3) is 5.91 Å². The largest absolute Gasteiger partial charge is 0.479 e. The van der Waals surface area contributed by atoms with Crippen molar-refractivity contribution >= 4 is 11.6 Å². The summed E-state index contributed by atoms with van der Waals surface area (Å²) in [5, 5.41) is 7.16. The van der Waals surface area contributed by atoms with E-state index in [1.165, 1.54) is 0 Å². The van der Waals surface area contributed by atoms with Crippen molar-refractivity contribution in [1.29, 1.82) is 0 Å². The first-order valence-corrected chi connectivity index (χ1v) is 6.43. The number of nitrogens with two attached hydrogens (primary N) is 1. The van der Waals surface area contributed by atoms with Crippen molar-refractivity contribution in [2.24, 2.45) is 12.8 Å². The Labute approximate surface area is 116 Å². The summed E-state index contributed by atoms with van der Waals surface area (Å²) in [6.07, 6.45) is -0.464. The number of aryl methyl sites for hydroxylation is 1. The van der Waals surface area contributed by atoms with Gasteiger partial charge in [-0.1, -0.05) is 0 Å². The topological polar surface area (TPSA) is 82.2 Å². The van der Waals surface area contributed by atoms with Crippen LogP contribution < -0.4 is 15.8 Å². The van der Waals surface area contributed by atoms with Crippen molar-refractivity contribution in [1.82, 2.24) is 9.78 Å². The molecule has 6 heteroatoms. The van der Waals surface area contributed by atoms with Crippen molar-refractivity contribution in [3.05, 3.63) is 30.0 Å². The molecule has 1 aliphatic rings. The van der Waals surface area contributed by atoms with Crippen LogP contribution in [0.2, 0.25) is 0 Å². The van der Waals surface area contributed by atoms with E-state index >= 15 is 0 Å². The van der Waals surface area contributed by atoms with E-state index in [1.54, 1.807) is 11.6 Å². The van der Waals surface area contributed by atoms with E-state index in [-0.39, 0.29) is 5.91 Å². The highest BCUT2D eigenvalue weighted by Crippen LogP contribution is 2.34. The molecule has 2 aromatic rings. The molecule has 1 aromatic carbocycles. The molecular weight excluding hydrogens is 256 g/mol. The fraction of sp³-hybridized carbons (Fsp3) is 0.286. The van der Waals surface area contributed by atoms with Crippen LogP contribution in [0.5, 0.6) is 5.75 Å². The van der Waals surface area contributed by atoms with Gasteiger partial charge in [-0.2, -0.15) is 5.10 Å². The molecule has 0 aliphatic carbocycles. The maximum Gasteiger partial charge on any atom is 0.265 e. The molecular formula is C14H16N4O2. The van der Waals surface area contributed by atoms with Crippen LogP contribution in [-0.4, -0.2) is 21.8 Å². The third kappa shape index (κ3) is 2.04. The molecule has 3 N–H and O–H groups in total. The zero-order valence-electron chi connectivity index (χ0n) is 11.4. The number of hydrogen-bond acceptors (Lipinski definition) is 4. The van der Waals surface area contributed by atoms with Gasteiger partial charge in [-0.05, 0) is 31.2 Å². The van der Waals surface area contributed by atoms with Gasteiger partial charge in [0.1, 0.15) is 5.75 Å². The van der Waals surface area contributed by atoms with Crippen LogP contribution in [0, 0.1) is 0 Å². The van der Waals surface area contributed by atoms with Crippen LogP contribution in [0.25, 0.3) is 11.3 Å². The molecule has 0 radical (unpaired) electrons. The monoisotopic (exact) mass is 272 g/mol. The zero-order valence-corrected chi connectivity index (χ0v) is 11.4. The molecule has 2 heterocycles. The number of carbonyl (C=O) groups is 1. The quantitative estimate of drug-likeness (QED) is 0.862. The number of carbonyl (C=O) groups excluding carboxylic acids is 1. The Morgan fingerprint density at radius 2 is 2.25 bits per heavy atom. The SMILES string of the molecule is CC1Oc2ccc(-c3cc(CN)nn3C)cc2NC1=O. The highest BCUT2D eigenvalue weighted by molar-refractivity contribution is 5.98. The smallest absolute Gasteiger partial charge is 0.265 e. The fourth-order valence-electron chi connectivity index (χ4n) is 2.26. The molecule has 104 valence electrons. The molecule has 0 saturated heterocycles. The van der Waals surface area contributed by atoms with Crippen molar-refractivity contribution in [2.45, 2.75) is 19.6 Å². The minimum atomic E-state index is -0.464. The summed E-state index contributed by atoms with van der Waals surface area (Å²) >= 11 is 0. The Balaban J connectivity index is 2.02. The van der Waals surface area contributed by atoms with Gasteiger partial charge in [-0.15, -0.1) is 0 Å². The van der Waals surface area contributed by atoms with Crippen molar-refractivity contribution in [3.63, 3.8) is 0 Å². The van der Waals surface area contributed by atoms with Crippen LogP contribution in [0.15, 0.2) is 24.3 Å². The Kier molecular flexibility index (Phi) is 2.94. The van der Waals surface area contributed by atoms with Crippen LogP contribution in [0.1, 0.15) is 12.6 Å². The van der Waals surface area contributed by atoms with Gasteiger partial charge in [-0.3, -0.25) is 9.48 Å². The van der Waals surface area contributed by atoms with Crippen molar-refractivity contribution in [2.75, 3.05) is 5.32 Å². The van der Waals surface area contributed by atoms with Crippen LogP contribution in [-0.2, 0) is 18.4 Å². The van der Waals surface area contributed by atoms with E-state index in [4.69, 9.17) is 10.5 Å². The van der Waals surface area contributed by atoms with Crippen LogP contribution in [0.4, 0.5) is 5.69 Å². The van der Waals surface area contributed by atoms with Gasteiger partial charge in [-0.25, -0.2) is 0 Å². The number of rotatable bonds is 2. The number of anilines is 1. The molecule has 1 aliphatic heterocycles. The molecule has 1 unspecified atom stereocenters. The molecule has 1 amide bonds. The third-order valence-electron chi connectivity index (χ3n) is 3.35. The maximum atomic E-state index is 11.7. The average Bonchev–Trinajstić information content (AvgIpc) is 2.81. The van der Waals surface area contributed by atoms with Gasteiger partial charge >= 0.3 is 0 Å². The number of nitrogens with one attached hydrogen (secondary N) is 1. The Morgan fingerprint density at radius 1 is 1.45 bits per heavy atom. The Morgan fingerprint density at radius 3 is 2.95 bits per heavy atom. The molecule has 0 fully saturated rings. The third-order valence-corrected chi connectivity index (χ3v) is 3.35. The van der Waals surface area contributed by atoms with E-state index in [0.29, 0.717) is 18.0 Å². The van der Waals surface area contributed by atoms with E-state index in [2.05, 4.69) is 10.4 Å². The van der Waals surface area contributed by atoms with E-state index in [0.717, 1.165) is 17.0 Å². The minimum Gasteiger partial charge on any atom is -0.479 e. The molecule has 20 heavy (non-hydrogen) atoms. The van der Waals surface area contributed by atoms with Crippen LogP contribution >= 0.6 is 0 Å². The lowest BCUT2D eigenvalue weighted by molar-refractivity contribution is -0.122. The first-order chi connectivity index (χ1) is 9.58. The van der Waals surface area contributed by atoms with Gasteiger partial charge in [0.2, 0.25) is 0 Å². The molecule has 0 bridgehead atoms. The maximum absolute atomic E-state index is 11.7. The van der Waals surface area contributed by atoms with Gasteiger partial charge < -0.3 is 15.8 Å². The lowest BCUT2D eigenvalue weighted by atomic mass is 10.1. The second kappa shape index (κ2) is 4.64. The molecule has 0 saturated carbocycles. The molecule has 6 nitrogen and oxygen atoms in total. The van der Waals surface area contributed by atoms with Crippen molar-refractivity contribution in [3.8, 4) is 17.0 Å². The summed E-state index contributed by atoms with van der Waals surface area (Å²) in [6.45, 7) is 2.12. The van der Waals surface area contributed by atoms with Gasteiger partial charge in [0, 0.05) is 19.2 Å². The summed E-state index contributed by atoms with van der Waals surface area (Å²) in [6, 6.07) is 7.63. The number of hydrogen-bond donors (Lipinski definition) is 2. The van der Waals surface area contributed by atoms with E-state index in [9.17, 15) is 4.79 Å². The molecule has 3 rings (SSSR count). The number of amides is 1. The number of ether oxygens (including phenoxy) is 1. The summed E-state index contributed by atoms with van der Waals surface area (Å²) in [7, 11) is 1.87. The second-order valence-electron chi connectivity index (χ2n) is 4.81. The number of fused-ring (bicyclic) bond motifs is 1. The zero-order chi connectivity index (χ0) is 14.3. The average molecular weight is 272 g/mol. The minimum absolute atomic E-state index is 0.137. The lowest BCUT2D eigenvalue weighted by Gasteiger charge is -2.23. The first-order valence-electron chi connectivity index (χ1n) is 6.43. The predicted molar refractivity (Wildman–Crippen MR) is 75.3 cm³/mol. The molecule has 0 spiro atoms. The van der Waals surface area contributed by atoms with E-state index in [1.807, 2.05) is 31.3 Å². The normalized spacial score (nSPS) is 17.4. The number of aromatic nitrogens is 2. The molecule has 1 atom stereocenters. The highest BCUT2D eigenvalue weighted by atomic mass is 16.5. The second-order valence-corrected chi connectivity index (χ2v) is 4.81. The Hall–Kier alpha value is -2.34. The van der Waals surface area contributed by atoms with E-state index < -0.39 is 6.10 Å². The van der Waals surface area contributed by atoms with Crippen LogP contribution in [0.3, 0.4) is 0 Å².